The van der Waals surface area contributed by atoms with Gasteiger partial charge in [-0.15, -0.1) is 0 Å². The molecule has 1 aromatic carbocycles. The first-order chi connectivity index (χ1) is 7.59. The number of hydrogen-bond donors (Lipinski definition) is 2. The maximum atomic E-state index is 10.2. The van der Waals surface area contributed by atoms with Crippen LogP contribution in [0.5, 0.6) is 0 Å². The first-order valence-electron chi connectivity index (χ1n) is 6.16. The van der Waals surface area contributed by atoms with E-state index in [9.17, 15) is 5.11 Å². The van der Waals surface area contributed by atoms with Crippen molar-refractivity contribution in [3.05, 3.63) is 34.9 Å². The Hall–Kier alpha value is -0.860. The molecule has 2 heteroatoms. The molecule has 0 spiro atoms. The van der Waals surface area contributed by atoms with Crippen LogP contribution in [0.25, 0.3) is 0 Å². The zero-order valence-corrected chi connectivity index (χ0v) is 10.1. The SMILES string of the molecule is CC(C)c1ccc2c(c1)C(O)C(N)CCC2. The van der Waals surface area contributed by atoms with Gasteiger partial charge >= 0.3 is 0 Å². The smallest absolute Gasteiger partial charge is 0.0943 e. The van der Waals surface area contributed by atoms with Crippen molar-refractivity contribution in [1.29, 1.82) is 0 Å². The molecule has 3 N–H and O–H groups in total. The molecule has 0 fully saturated rings. The molecule has 0 radical (unpaired) electrons. The molecule has 0 bridgehead atoms. The van der Waals surface area contributed by atoms with Gasteiger partial charge in [-0.2, -0.15) is 0 Å². The molecule has 16 heavy (non-hydrogen) atoms. The van der Waals surface area contributed by atoms with Gasteiger partial charge in [-0.05, 0) is 41.9 Å². The highest BCUT2D eigenvalue weighted by molar-refractivity contribution is 5.36. The van der Waals surface area contributed by atoms with E-state index in [0.717, 1.165) is 24.8 Å². The van der Waals surface area contributed by atoms with Gasteiger partial charge in [-0.25, -0.2) is 0 Å². The van der Waals surface area contributed by atoms with E-state index in [1.54, 1.807) is 0 Å². The summed E-state index contributed by atoms with van der Waals surface area (Å²) in [6.45, 7) is 4.34. The minimum Gasteiger partial charge on any atom is -0.387 e. The Morgan fingerprint density at radius 3 is 2.81 bits per heavy atom. The molecule has 88 valence electrons. The number of rotatable bonds is 1. The highest BCUT2D eigenvalue weighted by atomic mass is 16.3. The molecule has 2 unspecified atom stereocenters. The van der Waals surface area contributed by atoms with E-state index >= 15 is 0 Å². The number of fused-ring (bicyclic) bond motifs is 1. The van der Waals surface area contributed by atoms with Crippen molar-refractivity contribution in [1.82, 2.24) is 0 Å². The fourth-order valence-electron chi connectivity index (χ4n) is 2.39. The summed E-state index contributed by atoms with van der Waals surface area (Å²) in [7, 11) is 0. The van der Waals surface area contributed by atoms with Crippen LogP contribution in [0.1, 0.15) is 55.4 Å². The van der Waals surface area contributed by atoms with Gasteiger partial charge in [0.05, 0.1) is 6.10 Å². The molecule has 1 aliphatic rings. The standard InChI is InChI=1S/C14H21NO/c1-9(2)11-7-6-10-4-3-5-13(15)14(16)12(10)8-11/h6-9,13-14,16H,3-5,15H2,1-2H3. The predicted molar refractivity (Wildman–Crippen MR) is 66.4 cm³/mol. The molecule has 1 aromatic rings. The maximum Gasteiger partial charge on any atom is 0.0943 e. The van der Waals surface area contributed by atoms with Gasteiger partial charge in [-0.3, -0.25) is 0 Å². The number of aryl methyl sites for hydroxylation is 1. The highest BCUT2D eigenvalue weighted by Gasteiger charge is 2.23. The Balaban J connectivity index is 2.42. The van der Waals surface area contributed by atoms with E-state index in [1.807, 2.05) is 0 Å². The quantitative estimate of drug-likeness (QED) is 0.713. The summed E-state index contributed by atoms with van der Waals surface area (Å²) in [5, 5.41) is 10.2. The van der Waals surface area contributed by atoms with E-state index in [-0.39, 0.29) is 6.04 Å². The summed E-state index contributed by atoms with van der Waals surface area (Å²) in [4.78, 5) is 0. The number of aliphatic hydroxyl groups excluding tert-OH is 1. The summed E-state index contributed by atoms with van der Waals surface area (Å²) in [6, 6.07) is 6.36. The zero-order chi connectivity index (χ0) is 11.7. The molecule has 0 amide bonds. The third-order valence-corrected chi connectivity index (χ3v) is 3.54. The van der Waals surface area contributed by atoms with E-state index in [1.165, 1.54) is 11.1 Å². The van der Waals surface area contributed by atoms with Crippen molar-refractivity contribution in [3.63, 3.8) is 0 Å². The summed E-state index contributed by atoms with van der Waals surface area (Å²) in [5.41, 5.74) is 9.57. The van der Waals surface area contributed by atoms with Gasteiger partial charge in [-0.1, -0.05) is 32.0 Å². The summed E-state index contributed by atoms with van der Waals surface area (Å²) < 4.78 is 0. The maximum absolute atomic E-state index is 10.2. The monoisotopic (exact) mass is 219 g/mol. The van der Waals surface area contributed by atoms with Crippen LogP contribution in [0.3, 0.4) is 0 Å². The Morgan fingerprint density at radius 1 is 1.38 bits per heavy atom. The number of benzene rings is 1. The zero-order valence-electron chi connectivity index (χ0n) is 10.1. The van der Waals surface area contributed by atoms with Gasteiger partial charge in [0.1, 0.15) is 0 Å². The Bertz CT molecular complexity index is 373. The van der Waals surface area contributed by atoms with E-state index in [0.29, 0.717) is 5.92 Å². The Kier molecular flexibility index (Phi) is 3.31. The van der Waals surface area contributed by atoms with Crippen molar-refractivity contribution >= 4 is 0 Å². The minimum absolute atomic E-state index is 0.108. The van der Waals surface area contributed by atoms with Crippen LogP contribution in [0.2, 0.25) is 0 Å². The summed E-state index contributed by atoms with van der Waals surface area (Å²) in [6.07, 6.45) is 2.54. The van der Waals surface area contributed by atoms with Crippen LogP contribution in [0, 0.1) is 0 Å². The topological polar surface area (TPSA) is 46.2 Å². The lowest BCUT2D eigenvalue weighted by molar-refractivity contribution is 0.144. The predicted octanol–water partition coefficient (Wildman–Crippen LogP) is 2.51. The second-order valence-electron chi connectivity index (χ2n) is 5.11. The second kappa shape index (κ2) is 4.56. The third-order valence-electron chi connectivity index (χ3n) is 3.54. The van der Waals surface area contributed by atoms with Gasteiger partial charge in [0.15, 0.2) is 0 Å². The van der Waals surface area contributed by atoms with Crippen molar-refractivity contribution < 1.29 is 5.11 Å². The van der Waals surface area contributed by atoms with E-state index in [4.69, 9.17) is 5.73 Å². The lowest BCUT2D eigenvalue weighted by Gasteiger charge is -2.19. The molecule has 2 nitrogen and oxygen atoms in total. The number of hydrogen-bond acceptors (Lipinski definition) is 2. The second-order valence-corrected chi connectivity index (χ2v) is 5.11. The van der Waals surface area contributed by atoms with Gasteiger partial charge < -0.3 is 10.8 Å². The largest absolute Gasteiger partial charge is 0.387 e. The lowest BCUT2D eigenvalue weighted by atomic mass is 9.93. The summed E-state index contributed by atoms with van der Waals surface area (Å²) >= 11 is 0. The molecule has 0 saturated heterocycles. The minimum atomic E-state index is -0.490. The van der Waals surface area contributed by atoms with Gasteiger partial charge in [0.25, 0.3) is 0 Å². The van der Waals surface area contributed by atoms with Gasteiger partial charge in [0.2, 0.25) is 0 Å². The molecule has 2 rings (SSSR count). The Morgan fingerprint density at radius 2 is 2.12 bits per heavy atom. The molecule has 0 aliphatic heterocycles. The van der Waals surface area contributed by atoms with Gasteiger partial charge in [0, 0.05) is 6.04 Å². The average molecular weight is 219 g/mol. The molecule has 0 heterocycles. The van der Waals surface area contributed by atoms with Crippen molar-refractivity contribution in [2.45, 2.75) is 51.2 Å². The lowest BCUT2D eigenvalue weighted by Crippen LogP contribution is -2.27. The fraction of sp³-hybridized carbons (Fsp3) is 0.571. The molecule has 2 atom stereocenters. The van der Waals surface area contributed by atoms with Crippen LogP contribution in [-0.2, 0) is 6.42 Å². The van der Waals surface area contributed by atoms with Crippen molar-refractivity contribution in [2.24, 2.45) is 5.73 Å². The first kappa shape index (κ1) is 11.6. The van der Waals surface area contributed by atoms with Crippen LogP contribution in [0.15, 0.2) is 18.2 Å². The van der Waals surface area contributed by atoms with E-state index < -0.39 is 6.10 Å². The summed E-state index contributed by atoms with van der Waals surface area (Å²) in [5.74, 6) is 0.497. The average Bonchev–Trinajstić information content (AvgIpc) is 2.40. The van der Waals surface area contributed by atoms with Crippen LogP contribution in [0.4, 0.5) is 0 Å². The van der Waals surface area contributed by atoms with Crippen LogP contribution >= 0.6 is 0 Å². The molecule has 0 saturated carbocycles. The molecule has 0 aromatic heterocycles. The molecule has 1 aliphatic carbocycles. The molecular weight excluding hydrogens is 198 g/mol. The van der Waals surface area contributed by atoms with E-state index in [2.05, 4.69) is 32.0 Å². The number of aliphatic hydroxyl groups is 1. The van der Waals surface area contributed by atoms with Crippen LogP contribution < -0.4 is 5.73 Å². The number of nitrogens with two attached hydrogens (primary N) is 1. The highest BCUT2D eigenvalue weighted by Crippen LogP contribution is 2.30. The van der Waals surface area contributed by atoms with Crippen molar-refractivity contribution in [2.75, 3.05) is 0 Å². The van der Waals surface area contributed by atoms with Crippen molar-refractivity contribution in [3.8, 4) is 0 Å². The normalized spacial score (nSPS) is 25.3. The molecular formula is C14H21NO. The Labute approximate surface area is 97.5 Å². The fourth-order valence-corrected chi connectivity index (χ4v) is 2.39. The van der Waals surface area contributed by atoms with Crippen LogP contribution in [-0.4, -0.2) is 11.1 Å². The first-order valence-corrected chi connectivity index (χ1v) is 6.16. The third kappa shape index (κ3) is 2.13.